The van der Waals surface area contributed by atoms with Crippen LogP contribution in [-0.4, -0.2) is 41.5 Å². The first-order valence-corrected chi connectivity index (χ1v) is 10.4. The molecule has 4 rings (SSSR count). The summed E-state index contributed by atoms with van der Waals surface area (Å²) in [6.07, 6.45) is 2.14. The molecule has 0 spiro atoms. The second kappa shape index (κ2) is 8.10. The fourth-order valence-electron chi connectivity index (χ4n) is 3.61. The van der Waals surface area contributed by atoms with Crippen LogP contribution in [0.15, 0.2) is 47.8 Å². The predicted molar refractivity (Wildman–Crippen MR) is 110 cm³/mol. The van der Waals surface area contributed by atoms with Gasteiger partial charge in [0.15, 0.2) is 6.61 Å². The predicted octanol–water partition coefficient (Wildman–Crippen LogP) is 4.38. The van der Waals surface area contributed by atoms with Crippen molar-refractivity contribution in [3.8, 4) is 10.6 Å². The molecule has 5 nitrogen and oxygen atoms in total. The maximum atomic E-state index is 12.8. The fourth-order valence-corrected chi connectivity index (χ4v) is 4.29. The lowest BCUT2D eigenvalue weighted by Gasteiger charge is -2.30. The number of pyridine rings is 1. The summed E-state index contributed by atoms with van der Waals surface area (Å²) in [7, 11) is 0. The number of benzene rings is 1. The average Bonchev–Trinajstić information content (AvgIpc) is 3.26. The first-order chi connectivity index (χ1) is 13.6. The molecule has 1 aliphatic rings. The average molecular weight is 394 g/mol. The highest BCUT2D eigenvalue weighted by molar-refractivity contribution is 7.13. The monoisotopic (exact) mass is 394 g/mol. The van der Waals surface area contributed by atoms with Crippen molar-refractivity contribution in [1.29, 1.82) is 0 Å². The summed E-state index contributed by atoms with van der Waals surface area (Å²) in [6.45, 7) is 3.38. The summed E-state index contributed by atoms with van der Waals surface area (Å²) in [5, 5.41) is 2.70. The molecule has 1 atom stereocenters. The quantitative estimate of drug-likeness (QED) is 0.616. The van der Waals surface area contributed by atoms with Crippen LogP contribution >= 0.6 is 11.3 Å². The molecule has 2 aromatic heterocycles. The van der Waals surface area contributed by atoms with Gasteiger partial charge in [0, 0.05) is 18.5 Å². The number of carbonyl (C=O) groups is 2. The molecular weight excluding hydrogens is 372 g/mol. The standard InChI is InChI=1S/C22H22N2O3S/c1-15-6-4-10-24(13-15)21(25)14-27-22(26)17-12-19(20-9-5-11-28-20)23-18-8-3-2-7-16(17)18/h2-3,5,7-9,11-12,15H,4,6,10,13-14H2,1H3/t15-/m1/s1. The Morgan fingerprint density at radius 1 is 1.25 bits per heavy atom. The van der Waals surface area contributed by atoms with E-state index in [-0.39, 0.29) is 12.5 Å². The van der Waals surface area contributed by atoms with Crippen LogP contribution in [-0.2, 0) is 9.53 Å². The maximum absolute atomic E-state index is 12.8. The first-order valence-electron chi connectivity index (χ1n) is 9.50. The molecular formula is C22H22N2O3S. The molecule has 1 aliphatic heterocycles. The fraction of sp³-hybridized carbons (Fsp3) is 0.318. The molecule has 3 heterocycles. The lowest BCUT2D eigenvalue weighted by atomic mass is 10.0. The topological polar surface area (TPSA) is 59.5 Å². The van der Waals surface area contributed by atoms with Crippen LogP contribution in [0, 0.1) is 5.92 Å². The van der Waals surface area contributed by atoms with Gasteiger partial charge in [-0.05, 0) is 42.3 Å². The van der Waals surface area contributed by atoms with Gasteiger partial charge in [-0.3, -0.25) is 4.79 Å². The van der Waals surface area contributed by atoms with Gasteiger partial charge in [0.1, 0.15) is 0 Å². The summed E-state index contributed by atoms with van der Waals surface area (Å²) in [6, 6.07) is 13.2. The zero-order valence-electron chi connectivity index (χ0n) is 15.8. The number of hydrogen-bond acceptors (Lipinski definition) is 5. The number of para-hydroxylation sites is 1. The summed E-state index contributed by atoms with van der Waals surface area (Å²) < 4.78 is 5.40. The number of rotatable bonds is 4. The van der Waals surface area contributed by atoms with Gasteiger partial charge in [-0.1, -0.05) is 31.2 Å². The number of esters is 1. The number of ether oxygens (including phenoxy) is 1. The molecule has 3 aromatic rings. The number of hydrogen-bond donors (Lipinski definition) is 0. The van der Waals surface area contributed by atoms with Crippen LogP contribution in [0.1, 0.15) is 30.1 Å². The van der Waals surface area contributed by atoms with Gasteiger partial charge >= 0.3 is 5.97 Å². The molecule has 0 saturated carbocycles. The Bertz CT molecular complexity index is 1000. The van der Waals surface area contributed by atoms with E-state index >= 15 is 0 Å². The first kappa shape index (κ1) is 18.6. The van der Waals surface area contributed by atoms with Crippen molar-refractivity contribution in [3.63, 3.8) is 0 Å². The minimum Gasteiger partial charge on any atom is -0.452 e. The lowest BCUT2D eigenvalue weighted by molar-refractivity contribution is -0.136. The number of thiophene rings is 1. The second-order valence-electron chi connectivity index (χ2n) is 7.21. The third kappa shape index (κ3) is 3.92. The molecule has 6 heteroatoms. The molecule has 1 fully saturated rings. The van der Waals surface area contributed by atoms with E-state index in [2.05, 4.69) is 11.9 Å². The van der Waals surface area contributed by atoms with E-state index in [1.807, 2.05) is 41.8 Å². The summed E-state index contributed by atoms with van der Waals surface area (Å²) >= 11 is 1.57. The molecule has 1 aromatic carbocycles. The third-order valence-corrected chi connectivity index (χ3v) is 5.94. The van der Waals surface area contributed by atoms with Crippen molar-refractivity contribution < 1.29 is 14.3 Å². The van der Waals surface area contributed by atoms with E-state index in [9.17, 15) is 9.59 Å². The minimum atomic E-state index is -0.491. The van der Waals surface area contributed by atoms with Crippen molar-refractivity contribution in [3.05, 3.63) is 53.4 Å². The SMILES string of the molecule is C[C@@H]1CCCN(C(=O)COC(=O)c2cc(-c3cccs3)nc3ccccc23)C1. The van der Waals surface area contributed by atoms with Crippen molar-refractivity contribution in [1.82, 2.24) is 9.88 Å². The lowest BCUT2D eigenvalue weighted by Crippen LogP contribution is -2.41. The summed E-state index contributed by atoms with van der Waals surface area (Å²) in [5.41, 5.74) is 1.90. The molecule has 0 N–H and O–H groups in total. The van der Waals surface area contributed by atoms with Gasteiger partial charge in [-0.15, -0.1) is 11.3 Å². The summed E-state index contributed by atoms with van der Waals surface area (Å²) in [5.74, 6) is -0.127. The number of carbonyl (C=O) groups excluding carboxylic acids is 2. The van der Waals surface area contributed by atoms with E-state index in [4.69, 9.17) is 4.74 Å². The van der Waals surface area contributed by atoms with E-state index in [0.29, 0.717) is 11.5 Å². The molecule has 144 valence electrons. The van der Waals surface area contributed by atoms with Gasteiger partial charge in [-0.2, -0.15) is 0 Å². The zero-order chi connectivity index (χ0) is 19.5. The van der Waals surface area contributed by atoms with Gasteiger partial charge in [0.05, 0.1) is 21.7 Å². The Morgan fingerprint density at radius 2 is 2.11 bits per heavy atom. The Morgan fingerprint density at radius 3 is 2.89 bits per heavy atom. The Labute approximate surface area is 168 Å². The van der Waals surface area contributed by atoms with E-state index < -0.39 is 5.97 Å². The third-order valence-electron chi connectivity index (χ3n) is 5.05. The van der Waals surface area contributed by atoms with Gasteiger partial charge in [0.2, 0.25) is 0 Å². The zero-order valence-corrected chi connectivity index (χ0v) is 16.6. The van der Waals surface area contributed by atoms with Gasteiger partial charge in [-0.25, -0.2) is 9.78 Å². The number of piperidine rings is 1. The molecule has 0 aliphatic carbocycles. The highest BCUT2D eigenvalue weighted by atomic mass is 32.1. The molecule has 1 saturated heterocycles. The van der Waals surface area contributed by atoms with Crippen LogP contribution < -0.4 is 0 Å². The number of nitrogens with zero attached hydrogens (tertiary/aromatic N) is 2. The Hall–Kier alpha value is -2.73. The van der Waals surface area contributed by atoms with Crippen LogP contribution in [0.25, 0.3) is 21.5 Å². The van der Waals surface area contributed by atoms with E-state index in [1.54, 1.807) is 22.3 Å². The van der Waals surface area contributed by atoms with Gasteiger partial charge in [0.25, 0.3) is 5.91 Å². The van der Waals surface area contributed by atoms with Crippen molar-refractivity contribution in [2.45, 2.75) is 19.8 Å². The van der Waals surface area contributed by atoms with Crippen molar-refractivity contribution in [2.75, 3.05) is 19.7 Å². The molecule has 28 heavy (non-hydrogen) atoms. The van der Waals surface area contributed by atoms with Crippen LogP contribution in [0.5, 0.6) is 0 Å². The largest absolute Gasteiger partial charge is 0.452 e. The Balaban J connectivity index is 1.56. The number of aromatic nitrogens is 1. The highest BCUT2D eigenvalue weighted by Gasteiger charge is 2.23. The van der Waals surface area contributed by atoms with Gasteiger partial charge < -0.3 is 9.64 Å². The highest BCUT2D eigenvalue weighted by Crippen LogP contribution is 2.28. The van der Waals surface area contributed by atoms with E-state index in [1.165, 1.54) is 0 Å². The number of likely N-dealkylation sites (tertiary alicyclic amines) is 1. The second-order valence-corrected chi connectivity index (χ2v) is 8.16. The molecule has 0 radical (unpaired) electrons. The van der Waals surface area contributed by atoms with Crippen LogP contribution in [0.2, 0.25) is 0 Å². The smallest absolute Gasteiger partial charge is 0.339 e. The number of amides is 1. The van der Waals surface area contributed by atoms with Crippen LogP contribution in [0.3, 0.4) is 0 Å². The van der Waals surface area contributed by atoms with Crippen molar-refractivity contribution >= 4 is 34.1 Å². The minimum absolute atomic E-state index is 0.128. The maximum Gasteiger partial charge on any atom is 0.339 e. The molecule has 1 amide bonds. The van der Waals surface area contributed by atoms with Crippen molar-refractivity contribution in [2.24, 2.45) is 5.92 Å². The molecule has 0 bridgehead atoms. The van der Waals surface area contributed by atoms with Crippen LogP contribution in [0.4, 0.5) is 0 Å². The normalized spacial score (nSPS) is 16.9. The van der Waals surface area contributed by atoms with E-state index in [0.717, 1.165) is 47.4 Å². The summed E-state index contributed by atoms with van der Waals surface area (Å²) in [4.78, 5) is 32.7. The molecule has 0 unspecified atom stereocenters. The number of fused-ring (bicyclic) bond motifs is 1. The Kier molecular flexibility index (Phi) is 5.39.